The molecule has 2 aliphatic carbocycles. The third-order valence-corrected chi connectivity index (χ3v) is 4.69. The van der Waals surface area contributed by atoms with Crippen LogP contribution < -0.4 is 5.73 Å². The van der Waals surface area contributed by atoms with Crippen molar-refractivity contribution in [2.45, 2.75) is 64.3 Å². The average Bonchev–Trinajstić information content (AvgIpc) is 3.06. The maximum absolute atomic E-state index is 6.13. The molecule has 1 aromatic rings. The number of nitrogens with zero attached hydrogens (tertiary/aromatic N) is 2. The maximum Gasteiger partial charge on any atom is 0.230 e. The van der Waals surface area contributed by atoms with Gasteiger partial charge >= 0.3 is 0 Å². The van der Waals surface area contributed by atoms with E-state index in [0.717, 1.165) is 12.3 Å². The first kappa shape index (κ1) is 12.2. The van der Waals surface area contributed by atoms with Crippen LogP contribution in [0.2, 0.25) is 0 Å². The SMILES string of the molecule is CC1(C)CCCCC1c1nc(C(N)C2CC2)no1. The van der Waals surface area contributed by atoms with Gasteiger partial charge in [0.1, 0.15) is 0 Å². The first-order valence-corrected chi connectivity index (χ1v) is 7.17. The van der Waals surface area contributed by atoms with E-state index in [0.29, 0.717) is 17.7 Å². The lowest BCUT2D eigenvalue weighted by molar-refractivity contribution is 0.164. The molecule has 100 valence electrons. The predicted octanol–water partition coefficient (Wildman–Crippen LogP) is 3.16. The smallest absolute Gasteiger partial charge is 0.230 e. The second kappa shape index (κ2) is 4.34. The summed E-state index contributed by atoms with van der Waals surface area (Å²) in [7, 11) is 0. The van der Waals surface area contributed by atoms with Crippen LogP contribution in [0.15, 0.2) is 4.52 Å². The molecular formula is C14H23N3O. The Morgan fingerprint density at radius 2 is 2.06 bits per heavy atom. The molecular weight excluding hydrogens is 226 g/mol. The minimum atomic E-state index is -0.0193. The van der Waals surface area contributed by atoms with Gasteiger partial charge in [-0.2, -0.15) is 4.98 Å². The molecule has 0 saturated heterocycles. The molecule has 2 atom stereocenters. The zero-order valence-electron chi connectivity index (χ0n) is 11.4. The molecule has 0 radical (unpaired) electrons. The molecule has 3 rings (SSSR count). The van der Waals surface area contributed by atoms with Gasteiger partial charge in [-0.25, -0.2) is 0 Å². The van der Waals surface area contributed by atoms with Crippen molar-refractivity contribution in [3.63, 3.8) is 0 Å². The Morgan fingerprint density at radius 1 is 1.28 bits per heavy atom. The molecule has 1 aromatic heterocycles. The third kappa shape index (κ3) is 2.18. The topological polar surface area (TPSA) is 64.9 Å². The molecule has 18 heavy (non-hydrogen) atoms. The lowest BCUT2D eigenvalue weighted by Gasteiger charge is -2.36. The van der Waals surface area contributed by atoms with Crippen LogP contribution in [0.4, 0.5) is 0 Å². The fourth-order valence-corrected chi connectivity index (χ4v) is 3.14. The van der Waals surface area contributed by atoms with E-state index < -0.39 is 0 Å². The number of hydrogen-bond donors (Lipinski definition) is 1. The van der Waals surface area contributed by atoms with Crippen LogP contribution in [-0.2, 0) is 0 Å². The summed E-state index contributed by atoms with van der Waals surface area (Å²) in [5, 5.41) is 4.11. The van der Waals surface area contributed by atoms with E-state index in [9.17, 15) is 0 Å². The number of hydrogen-bond acceptors (Lipinski definition) is 4. The zero-order valence-corrected chi connectivity index (χ0v) is 11.4. The fourth-order valence-electron chi connectivity index (χ4n) is 3.14. The fraction of sp³-hybridized carbons (Fsp3) is 0.857. The van der Waals surface area contributed by atoms with Crippen molar-refractivity contribution in [3.8, 4) is 0 Å². The molecule has 0 spiro atoms. The quantitative estimate of drug-likeness (QED) is 0.893. The van der Waals surface area contributed by atoms with Gasteiger partial charge in [-0.15, -0.1) is 0 Å². The van der Waals surface area contributed by atoms with E-state index >= 15 is 0 Å². The van der Waals surface area contributed by atoms with Crippen molar-refractivity contribution in [3.05, 3.63) is 11.7 Å². The molecule has 4 nitrogen and oxygen atoms in total. The van der Waals surface area contributed by atoms with Crippen molar-refractivity contribution in [1.29, 1.82) is 0 Å². The lowest BCUT2D eigenvalue weighted by Crippen LogP contribution is -2.26. The predicted molar refractivity (Wildman–Crippen MR) is 68.9 cm³/mol. The van der Waals surface area contributed by atoms with Crippen molar-refractivity contribution < 1.29 is 4.52 Å². The summed E-state index contributed by atoms with van der Waals surface area (Å²) in [6.45, 7) is 4.61. The van der Waals surface area contributed by atoms with E-state index in [2.05, 4.69) is 24.0 Å². The van der Waals surface area contributed by atoms with Gasteiger partial charge in [0, 0.05) is 5.92 Å². The van der Waals surface area contributed by atoms with Crippen LogP contribution in [0.25, 0.3) is 0 Å². The minimum absolute atomic E-state index is 0.0193. The molecule has 2 unspecified atom stereocenters. The first-order valence-electron chi connectivity index (χ1n) is 7.17. The van der Waals surface area contributed by atoms with Gasteiger partial charge in [0.25, 0.3) is 0 Å². The second-order valence-electron chi connectivity index (χ2n) is 6.64. The molecule has 1 heterocycles. The van der Waals surface area contributed by atoms with Crippen LogP contribution in [0.1, 0.15) is 76.0 Å². The summed E-state index contributed by atoms with van der Waals surface area (Å²) in [5.74, 6) is 2.51. The van der Waals surface area contributed by atoms with Crippen LogP contribution in [0, 0.1) is 11.3 Å². The van der Waals surface area contributed by atoms with Gasteiger partial charge in [-0.3, -0.25) is 0 Å². The lowest BCUT2D eigenvalue weighted by atomic mass is 9.69. The van der Waals surface area contributed by atoms with Crippen molar-refractivity contribution in [2.75, 3.05) is 0 Å². The molecule has 0 aliphatic heterocycles. The van der Waals surface area contributed by atoms with E-state index in [1.165, 1.54) is 32.1 Å². The van der Waals surface area contributed by atoms with Gasteiger partial charge in [-0.05, 0) is 37.0 Å². The van der Waals surface area contributed by atoms with Gasteiger partial charge in [0.15, 0.2) is 5.82 Å². The molecule has 2 saturated carbocycles. The van der Waals surface area contributed by atoms with Gasteiger partial charge in [-0.1, -0.05) is 31.8 Å². The van der Waals surface area contributed by atoms with Gasteiger partial charge in [0.05, 0.1) is 6.04 Å². The summed E-state index contributed by atoms with van der Waals surface area (Å²) in [4.78, 5) is 4.59. The monoisotopic (exact) mass is 249 g/mol. The molecule has 4 heteroatoms. The van der Waals surface area contributed by atoms with Crippen molar-refractivity contribution >= 4 is 0 Å². The van der Waals surface area contributed by atoms with Gasteiger partial charge < -0.3 is 10.3 Å². The molecule has 2 N–H and O–H groups in total. The highest BCUT2D eigenvalue weighted by atomic mass is 16.5. The number of nitrogens with two attached hydrogens (primary N) is 1. The minimum Gasteiger partial charge on any atom is -0.339 e. The molecule has 2 aliphatic rings. The van der Waals surface area contributed by atoms with E-state index in [-0.39, 0.29) is 11.5 Å². The second-order valence-corrected chi connectivity index (χ2v) is 6.64. The molecule has 0 amide bonds. The number of rotatable bonds is 3. The Labute approximate surface area is 108 Å². The summed E-state index contributed by atoms with van der Waals surface area (Å²) in [5.41, 5.74) is 6.40. The standard InChI is InChI=1S/C14H23N3O/c1-14(2)8-4-3-5-10(14)13-16-12(17-18-13)11(15)9-6-7-9/h9-11H,3-8,15H2,1-2H3. The van der Waals surface area contributed by atoms with Crippen LogP contribution in [0.5, 0.6) is 0 Å². The third-order valence-electron chi connectivity index (χ3n) is 4.69. The molecule has 0 aromatic carbocycles. The van der Waals surface area contributed by atoms with Crippen LogP contribution in [0.3, 0.4) is 0 Å². The van der Waals surface area contributed by atoms with E-state index in [1.807, 2.05) is 0 Å². The van der Waals surface area contributed by atoms with Crippen LogP contribution in [-0.4, -0.2) is 10.1 Å². The Morgan fingerprint density at radius 3 is 2.72 bits per heavy atom. The maximum atomic E-state index is 6.13. The first-order chi connectivity index (χ1) is 8.58. The Hall–Kier alpha value is -0.900. The summed E-state index contributed by atoms with van der Waals surface area (Å²) in [6.07, 6.45) is 7.39. The van der Waals surface area contributed by atoms with E-state index in [4.69, 9.17) is 10.3 Å². The normalized spacial score (nSPS) is 29.2. The molecule has 2 fully saturated rings. The summed E-state index contributed by atoms with van der Waals surface area (Å²) in [6, 6.07) is -0.0193. The van der Waals surface area contributed by atoms with Crippen molar-refractivity contribution in [1.82, 2.24) is 10.1 Å². The highest BCUT2D eigenvalue weighted by molar-refractivity contribution is 5.06. The van der Waals surface area contributed by atoms with E-state index in [1.54, 1.807) is 0 Å². The zero-order chi connectivity index (χ0) is 12.8. The summed E-state index contributed by atoms with van der Waals surface area (Å²) >= 11 is 0. The largest absolute Gasteiger partial charge is 0.339 e. The Kier molecular flexibility index (Phi) is 2.93. The summed E-state index contributed by atoms with van der Waals surface area (Å²) < 4.78 is 5.50. The van der Waals surface area contributed by atoms with Gasteiger partial charge in [0.2, 0.25) is 5.89 Å². The highest BCUT2D eigenvalue weighted by Gasteiger charge is 2.38. The number of aromatic nitrogens is 2. The molecule has 0 bridgehead atoms. The van der Waals surface area contributed by atoms with Crippen molar-refractivity contribution in [2.24, 2.45) is 17.1 Å². The Bertz CT molecular complexity index is 422. The Balaban J connectivity index is 1.79. The average molecular weight is 249 g/mol. The highest BCUT2D eigenvalue weighted by Crippen LogP contribution is 2.46. The van der Waals surface area contributed by atoms with Crippen LogP contribution >= 0.6 is 0 Å².